The van der Waals surface area contributed by atoms with Gasteiger partial charge >= 0.3 is 12.0 Å². The maximum absolute atomic E-state index is 11.3. The number of nitrogens with one attached hydrogen (secondary N) is 2. The third-order valence-corrected chi connectivity index (χ3v) is 2.87. The normalized spacial score (nSPS) is 11.9. The van der Waals surface area contributed by atoms with Gasteiger partial charge in [0.1, 0.15) is 0 Å². The molecule has 0 aromatic rings. The third kappa shape index (κ3) is 11.4. The molecule has 0 aliphatic rings. The average molecular weight is 262 g/mol. The molecule has 0 aliphatic carbocycles. The van der Waals surface area contributed by atoms with Gasteiger partial charge in [-0.3, -0.25) is 4.79 Å². The van der Waals surface area contributed by atoms with E-state index in [9.17, 15) is 9.59 Å². The van der Waals surface area contributed by atoms with Gasteiger partial charge in [0.15, 0.2) is 0 Å². The van der Waals surface area contributed by atoms with Crippen molar-refractivity contribution >= 4 is 23.8 Å². The zero-order chi connectivity index (χ0) is 13.1. The summed E-state index contributed by atoms with van der Waals surface area (Å²) in [6, 6.07) is -0.632. The van der Waals surface area contributed by atoms with E-state index in [-0.39, 0.29) is 18.5 Å². The van der Waals surface area contributed by atoms with E-state index in [1.54, 1.807) is 6.92 Å². The number of carboxylic acid groups (broad SMARTS) is 1. The summed E-state index contributed by atoms with van der Waals surface area (Å²) in [6.07, 6.45) is 5.25. The first-order valence-electron chi connectivity index (χ1n) is 5.81. The molecule has 0 saturated carbocycles. The number of carbonyl (C=O) groups is 2. The van der Waals surface area contributed by atoms with Crippen LogP contribution in [0.3, 0.4) is 0 Å². The maximum Gasteiger partial charge on any atom is 0.315 e. The minimum atomic E-state index is -0.908. The summed E-state index contributed by atoms with van der Waals surface area (Å²) in [4.78, 5) is 21.7. The fourth-order valence-corrected chi connectivity index (χ4v) is 1.83. The van der Waals surface area contributed by atoms with Crippen molar-refractivity contribution in [1.82, 2.24) is 10.6 Å². The Balaban J connectivity index is 3.43. The zero-order valence-corrected chi connectivity index (χ0v) is 11.3. The molecule has 0 aliphatic heterocycles. The minimum absolute atomic E-state index is 0.0544. The highest BCUT2D eigenvalue weighted by Crippen LogP contribution is 2.01. The topological polar surface area (TPSA) is 78.4 Å². The van der Waals surface area contributed by atoms with Crippen LogP contribution < -0.4 is 10.6 Å². The summed E-state index contributed by atoms with van der Waals surface area (Å²) in [7, 11) is 0. The van der Waals surface area contributed by atoms with Crippen LogP contribution in [-0.2, 0) is 4.79 Å². The summed E-state index contributed by atoms with van der Waals surface area (Å²) in [6.45, 7) is 2.31. The number of hydrogen-bond acceptors (Lipinski definition) is 3. The van der Waals surface area contributed by atoms with Crippen molar-refractivity contribution in [1.29, 1.82) is 0 Å². The van der Waals surface area contributed by atoms with E-state index in [4.69, 9.17) is 5.11 Å². The lowest BCUT2D eigenvalue weighted by molar-refractivity contribution is -0.137. The van der Waals surface area contributed by atoms with Gasteiger partial charge in [0.25, 0.3) is 0 Å². The SMILES string of the molecule is CSCCCCCNC(=O)NC(C)CC(=O)O. The molecule has 0 heterocycles. The number of unbranched alkanes of at least 4 members (excludes halogenated alkanes) is 2. The molecule has 0 radical (unpaired) electrons. The highest BCUT2D eigenvalue weighted by atomic mass is 32.2. The Kier molecular flexibility index (Phi) is 9.71. The number of rotatable bonds is 9. The van der Waals surface area contributed by atoms with E-state index in [1.165, 1.54) is 6.42 Å². The summed E-state index contributed by atoms with van der Waals surface area (Å²) in [5.41, 5.74) is 0. The number of carboxylic acids is 1. The van der Waals surface area contributed by atoms with E-state index in [0.29, 0.717) is 6.54 Å². The van der Waals surface area contributed by atoms with Crippen LogP contribution in [0.4, 0.5) is 4.79 Å². The summed E-state index contributed by atoms with van der Waals surface area (Å²) in [5, 5.41) is 13.8. The summed E-state index contributed by atoms with van der Waals surface area (Å²) < 4.78 is 0. The molecule has 100 valence electrons. The first-order valence-corrected chi connectivity index (χ1v) is 7.20. The van der Waals surface area contributed by atoms with Crippen LogP contribution >= 0.6 is 11.8 Å². The fraction of sp³-hybridized carbons (Fsp3) is 0.818. The predicted molar refractivity (Wildman–Crippen MR) is 70.5 cm³/mol. The van der Waals surface area contributed by atoms with Crippen molar-refractivity contribution in [2.24, 2.45) is 0 Å². The summed E-state index contributed by atoms with van der Waals surface area (Å²) >= 11 is 1.82. The molecule has 0 bridgehead atoms. The number of carbonyl (C=O) groups excluding carboxylic acids is 1. The summed E-state index contributed by atoms with van der Waals surface area (Å²) in [5.74, 6) is 0.247. The lowest BCUT2D eigenvalue weighted by Gasteiger charge is -2.12. The van der Waals surface area contributed by atoms with Crippen LogP contribution in [0.1, 0.15) is 32.6 Å². The molecule has 0 rings (SSSR count). The van der Waals surface area contributed by atoms with Crippen molar-refractivity contribution in [3.05, 3.63) is 0 Å². The molecule has 6 heteroatoms. The van der Waals surface area contributed by atoms with Gasteiger partial charge in [-0.15, -0.1) is 0 Å². The number of amides is 2. The van der Waals surface area contributed by atoms with Crippen LogP contribution in [0.2, 0.25) is 0 Å². The molecule has 5 nitrogen and oxygen atoms in total. The van der Waals surface area contributed by atoms with Gasteiger partial charge in [0, 0.05) is 12.6 Å². The Hall–Kier alpha value is -0.910. The van der Waals surface area contributed by atoms with Gasteiger partial charge in [-0.25, -0.2) is 4.79 Å². The molecule has 2 amide bonds. The van der Waals surface area contributed by atoms with Crippen molar-refractivity contribution in [2.45, 2.75) is 38.6 Å². The Morgan fingerprint density at radius 2 is 2.00 bits per heavy atom. The lowest BCUT2D eigenvalue weighted by atomic mass is 10.2. The van der Waals surface area contributed by atoms with Gasteiger partial charge < -0.3 is 15.7 Å². The van der Waals surface area contributed by atoms with Crippen LogP contribution in [0, 0.1) is 0 Å². The van der Waals surface area contributed by atoms with Gasteiger partial charge in [-0.05, 0) is 31.8 Å². The highest BCUT2D eigenvalue weighted by molar-refractivity contribution is 7.98. The first-order chi connectivity index (χ1) is 8.06. The number of hydrogen-bond donors (Lipinski definition) is 3. The standard InChI is InChI=1S/C11H22N2O3S/c1-9(8-10(14)15)13-11(16)12-6-4-3-5-7-17-2/h9H,3-8H2,1-2H3,(H,14,15)(H2,12,13,16). The first kappa shape index (κ1) is 16.1. The van der Waals surface area contributed by atoms with E-state index < -0.39 is 5.97 Å². The van der Waals surface area contributed by atoms with Crippen LogP contribution in [-0.4, -0.2) is 41.7 Å². The third-order valence-electron chi connectivity index (χ3n) is 2.17. The van der Waals surface area contributed by atoms with Gasteiger partial charge in [-0.1, -0.05) is 6.42 Å². The van der Waals surface area contributed by atoms with Gasteiger partial charge in [0.2, 0.25) is 0 Å². The second-order valence-corrected chi connectivity index (χ2v) is 4.94. The van der Waals surface area contributed by atoms with E-state index >= 15 is 0 Å². The maximum atomic E-state index is 11.3. The van der Waals surface area contributed by atoms with Crippen molar-refractivity contribution in [3.63, 3.8) is 0 Å². The molecule has 0 aromatic heterocycles. The molecular weight excluding hydrogens is 240 g/mol. The van der Waals surface area contributed by atoms with Crippen molar-refractivity contribution in [3.8, 4) is 0 Å². The second kappa shape index (κ2) is 10.3. The number of aliphatic carboxylic acids is 1. The zero-order valence-electron chi connectivity index (χ0n) is 10.5. The molecular formula is C11H22N2O3S. The largest absolute Gasteiger partial charge is 0.481 e. The fourth-order valence-electron chi connectivity index (χ4n) is 1.34. The molecule has 17 heavy (non-hydrogen) atoms. The smallest absolute Gasteiger partial charge is 0.315 e. The number of thioether (sulfide) groups is 1. The number of urea groups is 1. The van der Waals surface area contributed by atoms with E-state index in [1.807, 2.05) is 11.8 Å². The Morgan fingerprint density at radius 1 is 1.29 bits per heavy atom. The molecule has 0 aromatic carbocycles. The Morgan fingerprint density at radius 3 is 2.59 bits per heavy atom. The Bertz CT molecular complexity index is 237. The minimum Gasteiger partial charge on any atom is -0.481 e. The average Bonchev–Trinajstić information content (AvgIpc) is 2.21. The quantitative estimate of drug-likeness (QED) is 0.552. The highest BCUT2D eigenvalue weighted by Gasteiger charge is 2.09. The molecule has 3 N–H and O–H groups in total. The monoisotopic (exact) mass is 262 g/mol. The van der Waals surface area contributed by atoms with E-state index in [2.05, 4.69) is 16.9 Å². The predicted octanol–water partition coefficient (Wildman–Crippen LogP) is 1.68. The van der Waals surface area contributed by atoms with Crippen molar-refractivity contribution < 1.29 is 14.7 Å². The second-order valence-electron chi connectivity index (χ2n) is 3.95. The van der Waals surface area contributed by atoms with Crippen molar-refractivity contribution in [2.75, 3.05) is 18.6 Å². The van der Waals surface area contributed by atoms with Crippen LogP contribution in [0.15, 0.2) is 0 Å². The Labute approximate surface area is 107 Å². The molecule has 1 unspecified atom stereocenters. The van der Waals surface area contributed by atoms with Crippen LogP contribution in [0.5, 0.6) is 0 Å². The van der Waals surface area contributed by atoms with E-state index in [0.717, 1.165) is 18.6 Å². The molecule has 0 spiro atoms. The molecule has 0 saturated heterocycles. The van der Waals surface area contributed by atoms with Crippen LogP contribution in [0.25, 0.3) is 0 Å². The molecule has 0 fully saturated rings. The van der Waals surface area contributed by atoms with Gasteiger partial charge in [-0.2, -0.15) is 11.8 Å². The van der Waals surface area contributed by atoms with Gasteiger partial charge in [0.05, 0.1) is 6.42 Å². The lowest BCUT2D eigenvalue weighted by Crippen LogP contribution is -2.41. The molecule has 1 atom stereocenters.